The van der Waals surface area contributed by atoms with Crippen LogP contribution in [0.2, 0.25) is 0 Å². The Morgan fingerprint density at radius 2 is 1.97 bits per heavy atom. The number of benzene rings is 3. The molecule has 1 aromatic heterocycles. The molecule has 1 aliphatic rings. The molecule has 0 bridgehead atoms. The molecule has 3 aromatic carbocycles. The number of methoxy groups -OCH3 is 2. The van der Waals surface area contributed by atoms with E-state index in [1.165, 1.54) is 19.2 Å². The second-order valence-electron chi connectivity index (χ2n) is 8.13. The summed E-state index contributed by atoms with van der Waals surface area (Å²) in [6, 6.07) is 15.8. The molecule has 1 fully saturated rings. The molecule has 1 saturated heterocycles. The monoisotopic (exact) mass is 447 g/mol. The number of likely N-dealkylation sites (tertiary alicyclic amines) is 1. The number of amides is 1. The maximum atomic E-state index is 14.6. The van der Waals surface area contributed by atoms with Crippen LogP contribution in [0.25, 0.3) is 21.9 Å². The van der Waals surface area contributed by atoms with Crippen LogP contribution < -0.4 is 4.74 Å². The molecule has 4 aromatic rings. The van der Waals surface area contributed by atoms with Crippen molar-refractivity contribution >= 4 is 33.8 Å². The fourth-order valence-corrected chi connectivity index (χ4v) is 4.59. The summed E-state index contributed by atoms with van der Waals surface area (Å²) in [7, 11) is 2.85. The molecular formula is C26H22FNO5. The van der Waals surface area contributed by atoms with Crippen LogP contribution in [0.5, 0.6) is 5.75 Å². The fraction of sp³-hybridized carbons (Fsp3) is 0.231. The molecular weight excluding hydrogens is 425 g/mol. The standard InChI is InChI=1S/C26H22FNO5/c1-31-22-10-9-18(24-19-5-3-4-6-21(19)33-25(22)24)17-12-23(29)28(14-17)13-16-8-7-15(11-20(16)27)26(30)32-2/h3-11,17H,12-14H2,1-2H3. The normalized spacial score (nSPS) is 16.0. The number of ether oxygens (including phenoxy) is 2. The molecule has 5 rings (SSSR count). The Hall–Kier alpha value is -3.87. The van der Waals surface area contributed by atoms with Gasteiger partial charge in [-0.2, -0.15) is 0 Å². The molecule has 6 nitrogen and oxygen atoms in total. The lowest BCUT2D eigenvalue weighted by Gasteiger charge is -2.18. The predicted octanol–water partition coefficient (Wildman–Crippen LogP) is 5.04. The van der Waals surface area contributed by atoms with Gasteiger partial charge in [-0.3, -0.25) is 4.79 Å². The van der Waals surface area contributed by atoms with E-state index in [9.17, 15) is 14.0 Å². The lowest BCUT2D eigenvalue weighted by molar-refractivity contribution is -0.128. The molecule has 2 heterocycles. The van der Waals surface area contributed by atoms with Crippen molar-refractivity contribution in [2.45, 2.75) is 18.9 Å². The van der Waals surface area contributed by atoms with E-state index >= 15 is 0 Å². The van der Waals surface area contributed by atoms with Crippen LogP contribution in [0, 0.1) is 5.82 Å². The van der Waals surface area contributed by atoms with Crippen molar-refractivity contribution in [3.8, 4) is 5.75 Å². The van der Waals surface area contributed by atoms with Gasteiger partial charge in [-0.15, -0.1) is 0 Å². The molecule has 168 valence electrons. The Morgan fingerprint density at radius 3 is 2.73 bits per heavy atom. The van der Waals surface area contributed by atoms with E-state index in [1.54, 1.807) is 12.0 Å². The van der Waals surface area contributed by atoms with Crippen molar-refractivity contribution in [2.24, 2.45) is 0 Å². The van der Waals surface area contributed by atoms with Gasteiger partial charge in [0.05, 0.1) is 19.8 Å². The van der Waals surface area contributed by atoms with Crippen LogP contribution in [-0.4, -0.2) is 37.5 Å². The number of hydrogen-bond acceptors (Lipinski definition) is 5. The van der Waals surface area contributed by atoms with Gasteiger partial charge in [0, 0.05) is 41.8 Å². The number of esters is 1. The second kappa shape index (κ2) is 8.24. The molecule has 1 atom stereocenters. The third-order valence-electron chi connectivity index (χ3n) is 6.23. The molecule has 7 heteroatoms. The van der Waals surface area contributed by atoms with Gasteiger partial charge in [0.15, 0.2) is 11.3 Å². The van der Waals surface area contributed by atoms with Crippen molar-refractivity contribution in [2.75, 3.05) is 20.8 Å². The van der Waals surface area contributed by atoms with Crippen molar-refractivity contribution < 1.29 is 27.9 Å². The van der Waals surface area contributed by atoms with Crippen LogP contribution in [0.1, 0.15) is 33.8 Å². The zero-order valence-electron chi connectivity index (χ0n) is 18.3. The van der Waals surface area contributed by atoms with E-state index in [1.807, 2.05) is 36.4 Å². The first-order chi connectivity index (χ1) is 16.0. The van der Waals surface area contributed by atoms with Gasteiger partial charge in [-0.05, 0) is 29.8 Å². The minimum Gasteiger partial charge on any atom is -0.493 e. The Labute approximate surface area is 189 Å². The Morgan fingerprint density at radius 1 is 1.15 bits per heavy atom. The smallest absolute Gasteiger partial charge is 0.337 e. The van der Waals surface area contributed by atoms with Gasteiger partial charge in [-0.1, -0.05) is 30.3 Å². The number of fused-ring (bicyclic) bond motifs is 3. The first-order valence-corrected chi connectivity index (χ1v) is 10.6. The lowest BCUT2D eigenvalue weighted by Crippen LogP contribution is -2.25. The maximum absolute atomic E-state index is 14.6. The summed E-state index contributed by atoms with van der Waals surface area (Å²) in [4.78, 5) is 26.1. The number of para-hydroxylation sites is 1. The molecule has 0 radical (unpaired) electrons. The highest BCUT2D eigenvalue weighted by molar-refractivity contribution is 6.09. The summed E-state index contributed by atoms with van der Waals surface area (Å²) >= 11 is 0. The molecule has 1 aliphatic heterocycles. The summed E-state index contributed by atoms with van der Waals surface area (Å²) in [5.74, 6) is -0.619. The first kappa shape index (κ1) is 21.0. The number of rotatable bonds is 5. The van der Waals surface area contributed by atoms with Gasteiger partial charge in [0.2, 0.25) is 5.91 Å². The third kappa shape index (κ3) is 3.59. The van der Waals surface area contributed by atoms with Gasteiger partial charge in [0.1, 0.15) is 11.4 Å². The summed E-state index contributed by atoms with van der Waals surface area (Å²) in [5, 5.41) is 1.91. The van der Waals surface area contributed by atoms with Crippen LogP contribution in [0.15, 0.2) is 59.0 Å². The highest BCUT2D eigenvalue weighted by Gasteiger charge is 2.33. The van der Waals surface area contributed by atoms with Crippen molar-refractivity contribution in [3.63, 3.8) is 0 Å². The van der Waals surface area contributed by atoms with E-state index in [2.05, 4.69) is 4.74 Å². The highest BCUT2D eigenvalue weighted by Crippen LogP contribution is 2.42. The molecule has 0 aliphatic carbocycles. The average molecular weight is 447 g/mol. The number of hydrogen-bond donors (Lipinski definition) is 0. The van der Waals surface area contributed by atoms with E-state index in [0.29, 0.717) is 29.9 Å². The van der Waals surface area contributed by atoms with Crippen molar-refractivity contribution in [1.29, 1.82) is 0 Å². The molecule has 0 saturated carbocycles. The zero-order chi connectivity index (χ0) is 23.1. The van der Waals surface area contributed by atoms with Crippen LogP contribution in [0.3, 0.4) is 0 Å². The summed E-state index contributed by atoms with van der Waals surface area (Å²) in [6.45, 7) is 0.589. The first-order valence-electron chi connectivity index (χ1n) is 10.6. The van der Waals surface area contributed by atoms with Crippen molar-refractivity contribution in [3.05, 3.63) is 77.1 Å². The fourth-order valence-electron chi connectivity index (χ4n) is 4.59. The van der Waals surface area contributed by atoms with Crippen LogP contribution in [0.4, 0.5) is 4.39 Å². The molecule has 0 spiro atoms. The van der Waals surface area contributed by atoms with E-state index in [4.69, 9.17) is 9.15 Å². The lowest BCUT2D eigenvalue weighted by atomic mass is 9.93. The topological polar surface area (TPSA) is 69.0 Å². The molecule has 1 amide bonds. The van der Waals surface area contributed by atoms with Crippen LogP contribution in [-0.2, 0) is 16.1 Å². The van der Waals surface area contributed by atoms with Gasteiger partial charge in [0.25, 0.3) is 0 Å². The number of halogens is 1. The van der Waals surface area contributed by atoms with E-state index < -0.39 is 11.8 Å². The van der Waals surface area contributed by atoms with E-state index in [-0.39, 0.29) is 23.9 Å². The van der Waals surface area contributed by atoms with Gasteiger partial charge < -0.3 is 18.8 Å². The number of carbonyl (C=O) groups is 2. The largest absolute Gasteiger partial charge is 0.493 e. The SMILES string of the molecule is COC(=O)c1ccc(CN2CC(c3ccc(OC)c4oc5ccccc5c34)CC2=O)c(F)c1. The predicted molar refractivity (Wildman–Crippen MR) is 121 cm³/mol. The van der Waals surface area contributed by atoms with Crippen molar-refractivity contribution in [1.82, 2.24) is 4.90 Å². The minimum atomic E-state index is -0.603. The molecule has 0 N–H and O–H groups in total. The van der Waals surface area contributed by atoms with Crippen LogP contribution >= 0.6 is 0 Å². The summed E-state index contributed by atoms with van der Waals surface area (Å²) in [6.07, 6.45) is 0.322. The average Bonchev–Trinajstić information content (AvgIpc) is 3.40. The van der Waals surface area contributed by atoms with Gasteiger partial charge in [-0.25, -0.2) is 9.18 Å². The highest BCUT2D eigenvalue weighted by atomic mass is 19.1. The van der Waals surface area contributed by atoms with E-state index in [0.717, 1.165) is 28.0 Å². The minimum absolute atomic E-state index is 0.0480. The number of furan rings is 1. The quantitative estimate of drug-likeness (QED) is 0.401. The maximum Gasteiger partial charge on any atom is 0.337 e. The second-order valence-corrected chi connectivity index (χ2v) is 8.13. The summed E-state index contributed by atoms with van der Waals surface area (Å²) < 4.78 is 30.8. The number of carbonyl (C=O) groups excluding carboxylic acids is 2. The Balaban J connectivity index is 1.46. The third-order valence-corrected chi connectivity index (χ3v) is 6.23. The molecule has 1 unspecified atom stereocenters. The zero-order valence-corrected chi connectivity index (χ0v) is 18.3. The van der Waals surface area contributed by atoms with Gasteiger partial charge >= 0.3 is 5.97 Å². The molecule has 33 heavy (non-hydrogen) atoms. The Kier molecular flexibility index (Phi) is 5.24. The number of nitrogens with zero attached hydrogens (tertiary/aromatic N) is 1. The Bertz CT molecular complexity index is 1390. The summed E-state index contributed by atoms with van der Waals surface area (Å²) in [5.41, 5.74) is 2.91.